The molecule has 3 aromatic carbocycles. The zero-order valence-corrected chi connectivity index (χ0v) is 25.6. The van der Waals surface area contributed by atoms with Crippen LogP contribution in [0.15, 0.2) is 82.6 Å². The number of benzene rings is 3. The van der Waals surface area contributed by atoms with Crippen molar-refractivity contribution in [2.45, 2.75) is 29.7 Å². The average Bonchev–Trinajstić information content (AvgIpc) is 3.48. The molecule has 0 bridgehead atoms. The Morgan fingerprint density at radius 3 is 2.28 bits per heavy atom. The second kappa shape index (κ2) is 12.3. The molecule has 6 rings (SSSR count). The van der Waals surface area contributed by atoms with Crippen molar-refractivity contribution < 1.29 is 33.9 Å². The number of rotatable bonds is 8. The molecule has 2 aliphatic rings. The minimum atomic E-state index is -0.965. The van der Waals surface area contributed by atoms with Gasteiger partial charge in [-0.15, -0.1) is 0 Å². The summed E-state index contributed by atoms with van der Waals surface area (Å²) >= 11 is 1.90. The van der Waals surface area contributed by atoms with E-state index in [-0.39, 0.29) is 30.3 Å². The van der Waals surface area contributed by atoms with Gasteiger partial charge in [0.1, 0.15) is 17.5 Å². The summed E-state index contributed by atoms with van der Waals surface area (Å²) < 4.78 is 6.24. The molecule has 1 aromatic heterocycles. The number of fused-ring (bicyclic) bond motifs is 2. The van der Waals surface area contributed by atoms with Crippen LogP contribution in [0.4, 0.5) is 17.1 Å². The predicted molar refractivity (Wildman–Crippen MR) is 168 cm³/mol. The van der Waals surface area contributed by atoms with E-state index in [1.807, 2.05) is 0 Å². The highest BCUT2D eigenvalue weighted by atomic mass is 32.2. The van der Waals surface area contributed by atoms with Gasteiger partial charge in [0.15, 0.2) is 0 Å². The molecule has 2 aliphatic heterocycles. The lowest BCUT2D eigenvalue weighted by atomic mass is 9.83. The maximum Gasteiger partial charge on any atom is 0.338 e. The largest absolute Gasteiger partial charge is 0.508 e. The summed E-state index contributed by atoms with van der Waals surface area (Å²) in [5.41, 5.74) is 1.26. The number of thioether (sulfide) groups is 1. The number of nitrogens with one attached hydrogen (secondary N) is 1. The number of nitrogens with zero attached hydrogens (tertiary/aromatic N) is 3. The van der Waals surface area contributed by atoms with E-state index >= 15 is 0 Å². The van der Waals surface area contributed by atoms with Gasteiger partial charge in [-0.25, -0.2) is 9.69 Å². The number of nitro benzene ring substituents is 1. The summed E-state index contributed by atoms with van der Waals surface area (Å²) in [5, 5.41) is 23.2. The Morgan fingerprint density at radius 2 is 1.65 bits per heavy atom. The third kappa shape index (κ3) is 5.54. The van der Waals surface area contributed by atoms with E-state index in [1.165, 1.54) is 65.2 Å². The van der Waals surface area contributed by atoms with Crippen LogP contribution in [-0.2, 0) is 25.7 Å². The fourth-order valence-corrected chi connectivity index (χ4v) is 8.30. The van der Waals surface area contributed by atoms with Gasteiger partial charge < -0.3 is 15.2 Å². The number of ether oxygens (including phenoxy) is 1. The molecule has 4 aromatic rings. The number of aromatic hydroxyl groups is 1. The van der Waals surface area contributed by atoms with Crippen LogP contribution >= 0.6 is 23.1 Å². The Hall–Kier alpha value is -5.28. The number of non-ortho nitro benzene ring substituents is 1. The van der Waals surface area contributed by atoms with Gasteiger partial charge in [-0.1, -0.05) is 35.2 Å². The van der Waals surface area contributed by atoms with Crippen LogP contribution < -0.4 is 15.1 Å². The number of esters is 1. The lowest BCUT2D eigenvalue weighted by molar-refractivity contribution is -0.384. The topological polar surface area (TPSA) is 178 Å². The second-order valence-electron chi connectivity index (χ2n) is 10.4. The zero-order chi connectivity index (χ0) is 32.7. The Morgan fingerprint density at radius 1 is 0.978 bits per heavy atom. The highest BCUT2D eigenvalue weighted by molar-refractivity contribution is 8.00. The van der Waals surface area contributed by atoms with Crippen LogP contribution in [0.25, 0.3) is 0 Å². The summed E-state index contributed by atoms with van der Waals surface area (Å²) in [5.74, 6) is -3.80. The van der Waals surface area contributed by atoms with Crippen LogP contribution in [0, 0.1) is 16.0 Å². The second-order valence-corrected chi connectivity index (χ2v) is 12.5. The first-order chi connectivity index (χ1) is 22.1. The Bertz CT molecular complexity index is 1940. The lowest BCUT2D eigenvalue weighted by Crippen LogP contribution is -2.33. The van der Waals surface area contributed by atoms with Crippen LogP contribution in [0.2, 0.25) is 0 Å². The van der Waals surface area contributed by atoms with Crippen molar-refractivity contribution in [1.82, 2.24) is 4.57 Å². The van der Waals surface area contributed by atoms with Crippen molar-refractivity contribution in [1.29, 1.82) is 0 Å². The zero-order valence-electron chi connectivity index (χ0n) is 23.9. The maximum atomic E-state index is 13.9. The molecule has 46 heavy (non-hydrogen) atoms. The van der Waals surface area contributed by atoms with Gasteiger partial charge in [-0.2, -0.15) is 0 Å². The molecular formula is C31H24N4O9S2. The number of hydrogen-bond acceptors (Lipinski definition) is 11. The van der Waals surface area contributed by atoms with Crippen LogP contribution in [0.5, 0.6) is 5.75 Å². The normalized spacial score (nSPS) is 18.5. The molecule has 234 valence electrons. The van der Waals surface area contributed by atoms with Gasteiger partial charge in [-0.3, -0.25) is 33.9 Å². The molecule has 13 nitrogen and oxygen atoms in total. The van der Waals surface area contributed by atoms with Gasteiger partial charge in [0, 0.05) is 28.6 Å². The van der Waals surface area contributed by atoms with Crippen molar-refractivity contribution in [3.63, 3.8) is 0 Å². The van der Waals surface area contributed by atoms with Crippen molar-refractivity contribution >= 4 is 63.9 Å². The molecule has 0 saturated carbocycles. The van der Waals surface area contributed by atoms with Crippen LogP contribution in [0.1, 0.15) is 33.6 Å². The van der Waals surface area contributed by atoms with E-state index in [9.17, 15) is 39.2 Å². The molecule has 0 radical (unpaired) electrons. The molecule has 2 N–H and O–H groups in total. The molecular weight excluding hydrogens is 636 g/mol. The molecule has 15 heteroatoms. The number of phenolic OH excluding ortho intramolecular Hbond substituents is 1. The lowest BCUT2D eigenvalue weighted by Gasteiger charge is -2.30. The van der Waals surface area contributed by atoms with Crippen molar-refractivity contribution in [2.75, 3.05) is 16.8 Å². The predicted octanol–water partition coefficient (Wildman–Crippen LogP) is 4.13. The Labute approximate surface area is 268 Å². The Balaban J connectivity index is 1.33. The molecule has 3 heterocycles. The molecule has 0 aliphatic carbocycles. The number of aromatic nitrogens is 1. The quantitative estimate of drug-likeness (QED) is 0.121. The van der Waals surface area contributed by atoms with Crippen LogP contribution in [0.3, 0.4) is 0 Å². The molecule has 1 saturated heterocycles. The fourth-order valence-electron chi connectivity index (χ4n) is 5.52. The highest BCUT2D eigenvalue weighted by Crippen LogP contribution is 2.54. The number of phenols is 1. The minimum Gasteiger partial charge on any atom is -0.508 e. The summed E-state index contributed by atoms with van der Waals surface area (Å²) in [4.78, 5) is 77.8. The van der Waals surface area contributed by atoms with E-state index in [0.717, 1.165) is 28.0 Å². The average molecular weight is 661 g/mol. The van der Waals surface area contributed by atoms with Gasteiger partial charge in [0.2, 0.25) is 17.7 Å². The molecule has 1 fully saturated rings. The van der Waals surface area contributed by atoms with E-state index < -0.39 is 50.6 Å². The van der Waals surface area contributed by atoms with Crippen LogP contribution in [-0.4, -0.2) is 50.1 Å². The van der Waals surface area contributed by atoms with Gasteiger partial charge in [-0.05, 0) is 61.0 Å². The van der Waals surface area contributed by atoms with E-state index in [1.54, 1.807) is 19.1 Å². The Kier molecular flexibility index (Phi) is 8.19. The van der Waals surface area contributed by atoms with E-state index in [4.69, 9.17) is 4.74 Å². The molecule has 0 unspecified atom stereocenters. The number of imide groups is 1. The third-order valence-electron chi connectivity index (χ3n) is 7.60. The number of nitro groups is 1. The fraction of sp³-hybridized carbons (Fsp3) is 0.194. The maximum absolute atomic E-state index is 13.9. The minimum absolute atomic E-state index is 0.00949. The smallest absolute Gasteiger partial charge is 0.338 e. The first-order valence-electron chi connectivity index (χ1n) is 14.0. The van der Waals surface area contributed by atoms with Gasteiger partial charge in [0.25, 0.3) is 5.69 Å². The number of anilines is 2. The monoisotopic (exact) mass is 660 g/mol. The third-order valence-corrected chi connectivity index (χ3v) is 10.2. The van der Waals surface area contributed by atoms with E-state index in [2.05, 4.69) is 5.32 Å². The summed E-state index contributed by atoms with van der Waals surface area (Å²) in [6.45, 7) is 1.53. The molecule has 0 spiro atoms. The number of carbonyl (C=O) groups is 4. The molecule has 3 amide bonds. The van der Waals surface area contributed by atoms with Gasteiger partial charge in [0.05, 0.1) is 33.7 Å². The molecule has 3 atom stereocenters. The highest BCUT2D eigenvalue weighted by Gasteiger charge is 2.56. The summed E-state index contributed by atoms with van der Waals surface area (Å²) in [6, 6.07) is 17.3. The van der Waals surface area contributed by atoms with Crippen molar-refractivity contribution in [3.05, 3.63) is 109 Å². The number of carbonyl (C=O) groups excluding carboxylic acids is 4. The summed E-state index contributed by atoms with van der Waals surface area (Å²) in [6.07, 6.45) is 0. The number of hydrogen-bond donors (Lipinski definition) is 2. The van der Waals surface area contributed by atoms with Crippen molar-refractivity contribution in [3.8, 4) is 5.75 Å². The SMILES string of the molecule is CCOC(=O)c1ccc(NC(=O)Cn2c3c(sc2=O)[C@@H](c2ccc(O)cc2)[C@H]2C(=O)N(c4ccc([N+](=O)[O-])cc4)C(=O)[C@H]2S3)cc1. The van der Waals surface area contributed by atoms with Gasteiger partial charge >= 0.3 is 10.8 Å². The first kappa shape index (κ1) is 30.7. The number of amides is 3. The van der Waals surface area contributed by atoms with E-state index in [0.29, 0.717) is 26.7 Å². The van der Waals surface area contributed by atoms with Crippen molar-refractivity contribution in [2.24, 2.45) is 5.92 Å². The first-order valence-corrected chi connectivity index (χ1v) is 15.7. The standard InChI is InChI=1S/C31H24N4O9S2/c1-2-44-30(40)17-3-7-18(8-4-17)32-22(37)15-33-29-26(46-31(33)41)23(16-5-13-21(36)14-6-16)24-25(45-29)28(39)34(27(24)38)19-9-11-20(12-10-19)35(42)43/h3-14,23-25,36H,2,15H2,1H3,(H,32,37)/t23-,24+,25-/m0/s1. The number of thiazole rings is 1. The summed E-state index contributed by atoms with van der Waals surface area (Å²) in [7, 11) is 0.